The van der Waals surface area contributed by atoms with Crippen molar-refractivity contribution < 1.29 is 9.59 Å². The van der Waals surface area contributed by atoms with E-state index in [1.165, 1.54) is 6.33 Å². The highest BCUT2D eigenvalue weighted by Gasteiger charge is 2.30. The van der Waals surface area contributed by atoms with E-state index in [-0.39, 0.29) is 17.9 Å². The van der Waals surface area contributed by atoms with Crippen LogP contribution in [0.5, 0.6) is 0 Å². The molecule has 0 bridgehead atoms. The van der Waals surface area contributed by atoms with Crippen LogP contribution in [-0.2, 0) is 11.3 Å². The first kappa shape index (κ1) is 20.6. The van der Waals surface area contributed by atoms with Gasteiger partial charge in [-0.15, -0.1) is 0 Å². The molecule has 0 unspecified atom stereocenters. The number of amides is 2. The van der Waals surface area contributed by atoms with E-state index >= 15 is 0 Å². The number of likely N-dealkylation sites (tertiary alicyclic amines) is 1. The normalized spacial score (nSPS) is 14.4. The fraction of sp³-hybridized carbons (Fsp3) is 0.409. The number of rotatable bonds is 5. The Morgan fingerprint density at radius 2 is 1.93 bits per heavy atom. The smallest absolute Gasteiger partial charge is 0.273 e. The molecule has 1 saturated heterocycles. The van der Waals surface area contributed by atoms with Crippen molar-refractivity contribution in [2.45, 2.75) is 46.2 Å². The molecule has 152 valence electrons. The van der Waals surface area contributed by atoms with Crippen molar-refractivity contribution in [3.63, 3.8) is 0 Å². The summed E-state index contributed by atoms with van der Waals surface area (Å²) >= 11 is 0. The van der Waals surface area contributed by atoms with Crippen LogP contribution in [0.15, 0.2) is 48.4 Å². The Morgan fingerprint density at radius 1 is 1.17 bits per heavy atom. The summed E-state index contributed by atoms with van der Waals surface area (Å²) in [5.74, 6) is -0.0901. The van der Waals surface area contributed by atoms with E-state index in [4.69, 9.17) is 0 Å². The summed E-state index contributed by atoms with van der Waals surface area (Å²) in [7, 11) is 0. The van der Waals surface area contributed by atoms with Crippen LogP contribution < -0.4 is 0 Å². The van der Waals surface area contributed by atoms with Gasteiger partial charge in [0.15, 0.2) is 0 Å². The summed E-state index contributed by atoms with van der Waals surface area (Å²) in [5.41, 5.74) is 2.96. The van der Waals surface area contributed by atoms with Gasteiger partial charge in [-0.25, -0.2) is 9.97 Å². The van der Waals surface area contributed by atoms with Gasteiger partial charge in [0, 0.05) is 37.1 Å². The Balaban J connectivity index is 1.78. The number of pyridine rings is 1. The lowest BCUT2D eigenvalue weighted by molar-refractivity contribution is -0.127. The molecule has 7 nitrogen and oxygen atoms in total. The van der Waals surface area contributed by atoms with Crippen LogP contribution in [0, 0.1) is 6.92 Å². The van der Waals surface area contributed by atoms with E-state index in [0.717, 1.165) is 29.8 Å². The average Bonchev–Trinajstić information content (AvgIpc) is 2.72. The molecule has 1 aliphatic rings. The third-order valence-electron chi connectivity index (χ3n) is 4.97. The summed E-state index contributed by atoms with van der Waals surface area (Å²) in [6.45, 7) is 7.34. The Bertz CT molecular complexity index is 885. The second-order valence-corrected chi connectivity index (χ2v) is 7.58. The predicted octanol–water partition coefficient (Wildman–Crippen LogP) is 2.78. The van der Waals surface area contributed by atoms with Gasteiger partial charge in [-0.2, -0.15) is 0 Å². The Hall–Kier alpha value is -3.09. The van der Waals surface area contributed by atoms with E-state index in [1.54, 1.807) is 18.3 Å². The summed E-state index contributed by atoms with van der Waals surface area (Å²) in [5, 5.41) is 0. The van der Waals surface area contributed by atoms with E-state index < -0.39 is 0 Å². The minimum Gasteiger partial charge on any atom is -0.339 e. The zero-order valence-corrected chi connectivity index (χ0v) is 17.2. The largest absolute Gasteiger partial charge is 0.339 e. The quantitative estimate of drug-likeness (QED) is 0.730. The molecule has 1 aliphatic heterocycles. The molecule has 2 aromatic heterocycles. The van der Waals surface area contributed by atoms with Crippen LogP contribution in [0.3, 0.4) is 0 Å². The van der Waals surface area contributed by atoms with Crippen LogP contribution in [0.25, 0.3) is 0 Å². The molecule has 2 aromatic rings. The highest BCUT2D eigenvalue weighted by Crippen LogP contribution is 2.21. The van der Waals surface area contributed by atoms with Crippen LogP contribution in [0.2, 0.25) is 0 Å². The molecule has 3 rings (SSSR count). The van der Waals surface area contributed by atoms with E-state index in [0.29, 0.717) is 25.3 Å². The number of carbonyl (C=O) groups is 2. The zero-order chi connectivity index (χ0) is 20.8. The second kappa shape index (κ2) is 9.41. The zero-order valence-electron chi connectivity index (χ0n) is 17.2. The van der Waals surface area contributed by atoms with Crippen molar-refractivity contribution in [2.75, 3.05) is 13.1 Å². The molecular weight excluding hydrogens is 366 g/mol. The molecule has 0 radical (unpaired) electrons. The average molecular weight is 393 g/mol. The second-order valence-electron chi connectivity index (χ2n) is 7.58. The maximum atomic E-state index is 13.3. The molecule has 0 saturated carbocycles. The highest BCUT2D eigenvalue weighted by atomic mass is 16.2. The number of nitrogens with zero attached hydrogens (tertiary/aromatic N) is 5. The Labute approximate surface area is 171 Å². The molecule has 29 heavy (non-hydrogen) atoms. The van der Waals surface area contributed by atoms with Crippen molar-refractivity contribution in [1.29, 1.82) is 0 Å². The third kappa shape index (κ3) is 5.47. The number of hydrogen-bond donors (Lipinski definition) is 0. The molecular formula is C22H27N5O2. The predicted molar refractivity (Wildman–Crippen MR) is 110 cm³/mol. The van der Waals surface area contributed by atoms with Gasteiger partial charge in [0.1, 0.15) is 12.0 Å². The van der Waals surface area contributed by atoms with Crippen molar-refractivity contribution >= 4 is 11.8 Å². The fourth-order valence-electron chi connectivity index (χ4n) is 3.49. The summed E-state index contributed by atoms with van der Waals surface area (Å²) in [6.07, 6.45) is 6.27. The van der Waals surface area contributed by atoms with Gasteiger partial charge in [0.05, 0.1) is 12.2 Å². The van der Waals surface area contributed by atoms with Gasteiger partial charge in [-0.1, -0.05) is 11.6 Å². The molecule has 0 aromatic carbocycles. The van der Waals surface area contributed by atoms with E-state index in [9.17, 15) is 9.59 Å². The van der Waals surface area contributed by atoms with Crippen LogP contribution in [0.1, 0.15) is 48.6 Å². The van der Waals surface area contributed by atoms with Gasteiger partial charge in [-0.05, 0) is 51.8 Å². The number of aryl methyl sites for hydroxylation is 1. The van der Waals surface area contributed by atoms with E-state index in [1.807, 2.05) is 48.8 Å². The van der Waals surface area contributed by atoms with Gasteiger partial charge < -0.3 is 9.80 Å². The van der Waals surface area contributed by atoms with Gasteiger partial charge in [-0.3, -0.25) is 14.6 Å². The van der Waals surface area contributed by atoms with Crippen LogP contribution in [0.4, 0.5) is 0 Å². The number of hydrogen-bond acceptors (Lipinski definition) is 5. The first-order valence-corrected chi connectivity index (χ1v) is 9.87. The maximum absolute atomic E-state index is 13.3. The first-order chi connectivity index (χ1) is 13.9. The Kier molecular flexibility index (Phi) is 6.69. The molecule has 3 heterocycles. The number of allylic oxidation sites excluding steroid dienone is 1. The van der Waals surface area contributed by atoms with E-state index in [2.05, 4.69) is 15.0 Å². The maximum Gasteiger partial charge on any atom is 0.273 e. The molecule has 1 fully saturated rings. The molecule has 0 spiro atoms. The number of aromatic nitrogens is 3. The fourth-order valence-corrected chi connectivity index (χ4v) is 3.49. The van der Waals surface area contributed by atoms with Crippen molar-refractivity contribution in [3.8, 4) is 0 Å². The number of carbonyl (C=O) groups excluding carboxylic acids is 2. The van der Waals surface area contributed by atoms with Crippen molar-refractivity contribution in [2.24, 2.45) is 0 Å². The van der Waals surface area contributed by atoms with Crippen LogP contribution in [-0.4, -0.2) is 55.7 Å². The van der Waals surface area contributed by atoms with Crippen molar-refractivity contribution in [1.82, 2.24) is 24.8 Å². The van der Waals surface area contributed by atoms with Gasteiger partial charge in [0.25, 0.3) is 5.91 Å². The number of piperidine rings is 1. The lowest BCUT2D eigenvalue weighted by Gasteiger charge is -2.38. The summed E-state index contributed by atoms with van der Waals surface area (Å²) < 4.78 is 0. The first-order valence-electron chi connectivity index (χ1n) is 9.87. The van der Waals surface area contributed by atoms with Crippen molar-refractivity contribution in [3.05, 3.63) is 65.5 Å². The Morgan fingerprint density at radius 3 is 2.55 bits per heavy atom. The minimum atomic E-state index is -0.129. The summed E-state index contributed by atoms with van der Waals surface area (Å²) in [4.78, 5) is 41.9. The van der Waals surface area contributed by atoms with Crippen LogP contribution >= 0.6 is 0 Å². The molecule has 0 N–H and O–H groups in total. The van der Waals surface area contributed by atoms with Gasteiger partial charge >= 0.3 is 0 Å². The molecule has 0 aliphatic carbocycles. The highest BCUT2D eigenvalue weighted by molar-refractivity contribution is 5.92. The third-order valence-corrected chi connectivity index (χ3v) is 4.97. The SMILES string of the molecule is CC(C)=CC(=O)N1CCC(N(Cc2ccccn2)C(=O)c2cc(C)ncn2)CC1. The van der Waals surface area contributed by atoms with Gasteiger partial charge in [0.2, 0.25) is 5.91 Å². The lowest BCUT2D eigenvalue weighted by atomic mass is 10.0. The molecule has 0 atom stereocenters. The monoisotopic (exact) mass is 393 g/mol. The topological polar surface area (TPSA) is 79.3 Å². The minimum absolute atomic E-state index is 0.0236. The molecule has 7 heteroatoms. The molecule has 2 amide bonds. The lowest BCUT2D eigenvalue weighted by Crippen LogP contribution is -2.48. The standard InChI is InChI=1S/C22H27N5O2/c1-16(2)12-21(28)26-10-7-19(8-11-26)27(14-18-6-4-5-9-23-18)22(29)20-13-17(3)24-15-25-20/h4-6,9,12-13,15,19H,7-8,10-11,14H2,1-3H3. The summed E-state index contributed by atoms with van der Waals surface area (Å²) in [6, 6.07) is 7.42.